The normalized spacial score (nSPS) is 11.0. The molecule has 0 radical (unpaired) electrons. The van der Waals surface area contributed by atoms with Gasteiger partial charge >= 0.3 is 6.03 Å². The number of hydrogen-bond donors (Lipinski definition) is 6. The Morgan fingerprint density at radius 1 is 1.00 bits per heavy atom. The van der Waals surface area contributed by atoms with E-state index < -0.39 is 36.3 Å². The van der Waals surface area contributed by atoms with Gasteiger partial charge in [-0.1, -0.05) is 30.3 Å². The second-order valence-corrected chi connectivity index (χ2v) is 4.77. The molecule has 8 N–H and O–H groups in total. The number of hydrazine groups is 1. The molecule has 0 aliphatic heterocycles. The van der Waals surface area contributed by atoms with Crippen LogP contribution in [0.1, 0.15) is 5.56 Å². The highest BCUT2D eigenvalue weighted by Gasteiger charge is 2.21. The van der Waals surface area contributed by atoms with E-state index in [0.717, 1.165) is 5.56 Å². The van der Waals surface area contributed by atoms with Crippen LogP contribution in [0.5, 0.6) is 0 Å². The lowest BCUT2D eigenvalue weighted by Gasteiger charge is -2.18. The topological polar surface area (TPSA) is 168 Å². The third-order valence-electron chi connectivity index (χ3n) is 2.87. The number of hydrogen-bond acceptors (Lipinski definition) is 5. The molecule has 0 aliphatic carbocycles. The predicted molar refractivity (Wildman–Crippen MR) is 85.0 cm³/mol. The summed E-state index contributed by atoms with van der Waals surface area (Å²) in [7, 11) is 0. The van der Waals surface area contributed by atoms with E-state index in [1.165, 1.54) is 0 Å². The lowest BCUT2D eigenvalue weighted by atomic mass is 10.1. The highest BCUT2D eigenvalue weighted by Crippen LogP contribution is 2.03. The van der Waals surface area contributed by atoms with Crippen LogP contribution in [0.15, 0.2) is 30.3 Å². The van der Waals surface area contributed by atoms with E-state index in [1.54, 1.807) is 24.3 Å². The molecule has 1 aromatic carbocycles. The molecule has 10 heteroatoms. The number of nitrogens with one attached hydrogen (secondary N) is 4. The molecular weight excluding hydrogens is 316 g/mol. The third kappa shape index (κ3) is 7.22. The first-order valence-electron chi connectivity index (χ1n) is 7.07. The van der Waals surface area contributed by atoms with Crippen molar-refractivity contribution in [1.82, 2.24) is 21.5 Å². The van der Waals surface area contributed by atoms with Crippen molar-refractivity contribution in [3.8, 4) is 0 Å². The molecule has 0 saturated heterocycles. The molecule has 0 bridgehead atoms. The van der Waals surface area contributed by atoms with Gasteiger partial charge in [-0.15, -0.1) is 0 Å². The van der Waals surface area contributed by atoms with Gasteiger partial charge in [-0.25, -0.2) is 10.2 Å². The lowest BCUT2D eigenvalue weighted by molar-refractivity contribution is -0.130. The van der Waals surface area contributed by atoms with Crippen molar-refractivity contribution < 1.29 is 19.2 Å². The fraction of sp³-hybridized carbons (Fsp3) is 0.286. The number of nitrogens with two attached hydrogens (primary N) is 2. The van der Waals surface area contributed by atoms with E-state index in [4.69, 9.17) is 11.5 Å². The summed E-state index contributed by atoms with van der Waals surface area (Å²) in [6.07, 6.45) is 0.236. The first-order chi connectivity index (χ1) is 11.4. The molecule has 0 saturated carbocycles. The molecule has 0 aromatic heterocycles. The quantitative estimate of drug-likeness (QED) is 0.302. The lowest BCUT2D eigenvalue weighted by Crippen LogP contribution is -2.53. The van der Waals surface area contributed by atoms with Gasteiger partial charge in [0.15, 0.2) is 0 Å². The largest absolute Gasteiger partial charge is 0.350 e. The first-order valence-corrected chi connectivity index (χ1v) is 7.07. The van der Waals surface area contributed by atoms with Crippen LogP contribution in [0.25, 0.3) is 0 Å². The SMILES string of the molecule is NCC(=O)N[C@H](Cc1ccccc1)C(=O)NCC(=O)NNC(N)=O. The number of rotatable bonds is 7. The minimum absolute atomic E-state index is 0.236. The number of carbonyl (C=O) groups excluding carboxylic acids is 4. The molecule has 1 atom stereocenters. The van der Waals surface area contributed by atoms with Crippen LogP contribution < -0.4 is 33.0 Å². The monoisotopic (exact) mass is 336 g/mol. The summed E-state index contributed by atoms with van der Waals surface area (Å²) in [5.41, 5.74) is 14.7. The first kappa shape index (κ1) is 18.9. The zero-order valence-corrected chi connectivity index (χ0v) is 12.9. The van der Waals surface area contributed by atoms with Crippen LogP contribution in [0.3, 0.4) is 0 Å². The number of benzene rings is 1. The zero-order valence-electron chi connectivity index (χ0n) is 12.9. The van der Waals surface area contributed by atoms with Crippen LogP contribution in [0.4, 0.5) is 4.79 Å². The second-order valence-electron chi connectivity index (χ2n) is 4.77. The van der Waals surface area contributed by atoms with Gasteiger partial charge in [0.05, 0.1) is 13.1 Å². The average molecular weight is 336 g/mol. The molecule has 5 amide bonds. The maximum atomic E-state index is 12.2. The Labute approximate surface area is 138 Å². The van der Waals surface area contributed by atoms with Crippen molar-refractivity contribution in [1.29, 1.82) is 0 Å². The van der Waals surface area contributed by atoms with Gasteiger partial charge in [-0.2, -0.15) is 0 Å². The Morgan fingerprint density at radius 3 is 2.25 bits per heavy atom. The summed E-state index contributed by atoms with van der Waals surface area (Å²) in [5, 5.41) is 4.85. The maximum Gasteiger partial charge on any atom is 0.330 e. The maximum absolute atomic E-state index is 12.2. The van der Waals surface area contributed by atoms with Crippen molar-refractivity contribution in [2.24, 2.45) is 11.5 Å². The molecule has 0 aliphatic rings. The van der Waals surface area contributed by atoms with E-state index in [-0.39, 0.29) is 13.0 Å². The Balaban J connectivity index is 2.61. The number of carbonyl (C=O) groups is 4. The standard InChI is InChI=1S/C14H20N6O4/c15-7-11(21)18-10(6-9-4-2-1-3-5-9)13(23)17-8-12(22)19-20-14(16)24/h1-5,10H,6-8,15H2,(H,17,23)(H,18,21)(H,19,22)(H3,16,20,24)/t10-/m1/s1. The molecule has 10 nitrogen and oxygen atoms in total. The minimum atomic E-state index is -0.938. The van der Waals surface area contributed by atoms with E-state index in [2.05, 4.69) is 10.6 Å². The van der Waals surface area contributed by atoms with E-state index in [0.29, 0.717) is 0 Å². The average Bonchev–Trinajstić information content (AvgIpc) is 2.57. The number of amides is 5. The molecule has 0 heterocycles. The van der Waals surface area contributed by atoms with Crippen molar-refractivity contribution in [3.63, 3.8) is 0 Å². The number of urea groups is 1. The number of primary amides is 1. The van der Waals surface area contributed by atoms with Gasteiger partial charge in [0.1, 0.15) is 6.04 Å². The van der Waals surface area contributed by atoms with Gasteiger partial charge in [0, 0.05) is 6.42 Å². The van der Waals surface area contributed by atoms with Gasteiger partial charge in [-0.3, -0.25) is 19.8 Å². The molecule has 0 unspecified atom stereocenters. The summed E-state index contributed by atoms with van der Waals surface area (Å²) >= 11 is 0. The van der Waals surface area contributed by atoms with Gasteiger partial charge < -0.3 is 22.1 Å². The van der Waals surface area contributed by atoms with Gasteiger partial charge in [-0.05, 0) is 5.56 Å². The van der Waals surface area contributed by atoms with Crippen molar-refractivity contribution in [3.05, 3.63) is 35.9 Å². The van der Waals surface area contributed by atoms with Gasteiger partial charge in [0.2, 0.25) is 11.8 Å². The van der Waals surface area contributed by atoms with Crippen molar-refractivity contribution >= 4 is 23.8 Å². The fourth-order valence-electron chi connectivity index (χ4n) is 1.78. The van der Waals surface area contributed by atoms with Crippen LogP contribution in [0, 0.1) is 0 Å². The summed E-state index contributed by atoms with van der Waals surface area (Å²) in [5.74, 6) is -1.73. The Kier molecular flexibility index (Phi) is 7.71. The Bertz CT molecular complexity index is 592. The second kappa shape index (κ2) is 9.79. The van der Waals surface area contributed by atoms with Crippen LogP contribution in [-0.2, 0) is 20.8 Å². The Morgan fingerprint density at radius 2 is 1.67 bits per heavy atom. The smallest absolute Gasteiger partial charge is 0.330 e. The summed E-state index contributed by atoms with van der Waals surface area (Å²) in [4.78, 5) is 45.5. The van der Waals surface area contributed by atoms with Crippen molar-refractivity contribution in [2.45, 2.75) is 12.5 Å². The summed E-state index contributed by atoms with van der Waals surface area (Å²) in [6, 6.07) is 7.21. The zero-order chi connectivity index (χ0) is 17.9. The van der Waals surface area contributed by atoms with Crippen LogP contribution in [0.2, 0.25) is 0 Å². The summed E-state index contributed by atoms with van der Waals surface area (Å²) < 4.78 is 0. The van der Waals surface area contributed by atoms with E-state index in [1.807, 2.05) is 16.9 Å². The Hall–Kier alpha value is -3.14. The molecule has 0 fully saturated rings. The van der Waals surface area contributed by atoms with Gasteiger partial charge in [0.25, 0.3) is 5.91 Å². The molecular formula is C14H20N6O4. The molecule has 1 rings (SSSR count). The highest BCUT2D eigenvalue weighted by molar-refractivity contribution is 5.91. The van der Waals surface area contributed by atoms with Crippen LogP contribution in [-0.4, -0.2) is 42.9 Å². The van der Waals surface area contributed by atoms with E-state index >= 15 is 0 Å². The fourth-order valence-corrected chi connectivity index (χ4v) is 1.78. The molecule has 130 valence electrons. The third-order valence-corrected chi connectivity index (χ3v) is 2.87. The summed E-state index contributed by atoms with van der Waals surface area (Å²) in [6.45, 7) is -0.662. The molecule has 24 heavy (non-hydrogen) atoms. The van der Waals surface area contributed by atoms with Crippen molar-refractivity contribution in [2.75, 3.05) is 13.1 Å². The van der Waals surface area contributed by atoms with E-state index in [9.17, 15) is 19.2 Å². The predicted octanol–water partition coefficient (Wildman–Crippen LogP) is -2.51. The minimum Gasteiger partial charge on any atom is -0.350 e. The highest BCUT2D eigenvalue weighted by atomic mass is 16.2. The molecule has 0 spiro atoms. The van der Waals surface area contributed by atoms with Crippen LogP contribution >= 0.6 is 0 Å². The molecule has 1 aromatic rings.